The van der Waals surface area contributed by atoms with E-state index in [-0.39, 0.29) is 35.1 Å². The van der Waals surface area contributed by atoms with Crippen molar-refractivity contribution >= 4 is 40.5 Å². The third kappa shape index (κ3) is 4.39. The number of halogens is 1. The monoisotopic (exact) mass is 369 g/mol. The lowest BCUT2D eigenvalue weighted by Gasteiger charge is -2.14. The molecule has 8 heteroatoms. The number of carboxylic acids is 1. The Morgan fingerprint density at radius 1 is 1.25 bits per heavy atom. The fraction of sp³-hybridized carbons (Fsp3) is 0.250. The number of hydrogen-bond acceptors (Lipinski definition) is 5. The first kappa shape index (κ1) is 18.1. The molecule has 0 unspecified atom stereocenters. The van der Waals surface area contributed by atoms with E-state index >= 15 is 0 Å². The molecule has 1 aromatic heterocycles. The Morgan fingerprint density at radius 2 is 2.00 bits per heavy atom. The smallest absolute Gasteiger partial charge is 0.335 e. The van der Waals surface area contributed by atoms with Crippen LogP contribution in [0.5, 0.6) is 11.5 Å². The van der Waals surface area contributed by atoms with Crippen LogP contribution in [0.4, 0.5) is 5.69 Å². The average Bonchev–Trinajstić information content (AvgIpc) is 2.97. The van der Waals surface area contributed by atoms with Gasteiger partial charge in [-0.3, -0.25) is 4.79 Å². The first-order valence-electron chi connectivity index (χ1n) is 6.96. The van der Waals surface area contributed by atoms with Gasteiger partial charge in [-0.05, 0) is 24.6 Å². The quantitative estimate of drug-likeness (QED) is 0.777. The van der Waals surface area contributed by atoms with E-state index < -0.39 is 5.97 Å². The van der Waals surface area contributed by atoms with Crippen molar-refractivity contribution in [1.29, 1.82) is 0 Å². The number of rotatable bonds is 7. The number of ether oxygens (including phenoxy) is 2. The highest BCUT2D eigenvalue weighted by molar-refractivity contribution is 7.10. The van der Waals surface area contributed by atoms with E-state index in [0.717, 1.165) is 4.88 Å². The third-order valence-electron chi connectivity index (χ3n) is 3.22. The van der Waals surface area contributed by atoms with Crippen molar-refractivity contribution in [3.05, 3.63) is 39.0 Å². The van der Waals surface area contributed by atoms with E-state index in [2.05, 4.69) is 5.32 Å². The molecular weight excluding hydrogens is 354 g/mol. The highest BCUT2D eigenvalue weighted by Crippen LogP contribution is 2.36. The summed E-state index contributed by atoms with van der Waals surface area (Å²) in [5.41, 5.74) is 0.247. The number of thiophene rings is 1. The number of methoxy groups -OCH3 is 2. The van der Waals surface area contributed by atoms with Crippen molar-refractivity contribution in [3.63, 3.8) is 0 Å². The summed E-state index contributed by atoms with van der Waals surface area (Å²) in [6, 6.07) is 4.49. The zero-order chi connectivity index (χ0) is 17.7. The number of carboxylic acid groups (broad SMARTS) is 1. The van der Waals surface area contributed by atoms with E-state index in [1.807, 2.05) is 6.07 Å². The number of carbonyl (C=O) groups excluding carboxylic acids is 1. The molecule has 0 saturated heterocycles. The fourth-order valence-corrected chi connectivity index (χ4v) is 3.19. The molecule has 0 bridgehead atoms. The molecule has 1 amide bonds. The Balaban J connectivity index is 2.15. The molecule has 2 rings (SSSR count). The first-order valence-corrected chi connectivity index (χ1v) is 8.22. The van der Waals surface area contributed by atoms with Crippen LogP contribution in [-0.2, 0) is 11.2 Å². The van der Waals surface area contributed by atoms with E-state index in [9.17, 15) is 9.59 Å². The van der Waals surface area contributed by atoms with Gasteiger partial charge in [0.2, 0.25) is 5.91 Å². The van der Waals surface area contributed by atoms with Crippen LogP contribution in [0, 0.1) is 0 Å². The predicted octanol–water partition coefficient (Wildman–Crippen LogP) is 3.69. The number of hydrogen-bond donors (Lipinski definition) is 2. The van der Waals surface area contributed by atoms with Gasteiger partial charge in [-0.2, -0.15) is 0 Å². The molecule has 2 aromatic rings. The predicted molar refractivity (Wildman–Crippen MR) is 92.8 cm³/mol. The van der Waals surface area contributed by atoms with Crippen molar-refractivity contribution in [2.45, 2.75) is 12.8 Å². The molecular formula is C16H16ClNO5S. The Labute approximate surface area is 148 Å². The summed E-state index contributed by atoms with van der Waals surface area (Å²) in [6.07, 6.45) is 0.779. The normalized spacial score (nSPS) is 10.3. The molecule has 6 nitrogen and oxygen atoms in total. The third-order valence-corrected chi connectivity index (χ3v) is 4.56. The number of aryl methyl sites for hydroxylation is 1. The highest BCUT2D eigenvalue weighted by atomic mass is 35.5. The Hall–Kier alpha value is -2.25. The van der Waals surface area contributed by atoms with Crippen molar-refractivity contribution in [3.8, 4) is 11.5 Å². The second-order valence-electron chi connectivity index (χ2n) is 4.84. The number of benzene rings is 1. The largest absolute Gasteiger partial charge is 0.493 e. The minimum absolute atomic E-state index is 0.00649. The van der Waals surface area contributed by atoms with Crippen LogP contribution in [0.2, 0.25) is 5.02 Å². The molecule has 0 aliphatic carbocycles. The van der Waals surface area contributed by atoms with Gasteiger partial charge in [-0.1, -0.05) is 11.6 Å². The molecule has 1 aromatic carbocycles. The molecule has 0 fully saturated rings. The average molecular weight is 370 g/mol. The summed E-state index contributed by atoms with van der Waals surface area (Å²) < 4.78 is 10.3. The summed E-state index contributed by atoms with van der Waals surface area (Å²) in [5.74, 6) is -0.880. The molecule has 0 aliphatic heterocycles. The van der Waals surface area contributed by atoms with Gasteiger partial charge in [0, 0.05) is 16.7 Å². The van der Waals surface area contributed by atoms with Crippen LogP contribution >= 0.6 is 22.9 Å². The molecule has 0 saturated carbocycles. The zero-order valence-corrected chi connectivity index (χ0v) is 14.7. The Kier molecular flexibility index (Phi) is 6.05. The summed E-state index contributed by atoms with van der Waals surface area (Å²) in [5, 5.41) is 14.3. The molecule has 0 radical (unpaired) electrons. The summed E-state index contributed by atoms with van der Waals surface area (Å²) in [7, 11) is 2.82. The Morgan fingerprint density at radius 3 is 2.54 bits per heavy atom. The van der Waals surface area contributed by atoms with Crippen LogP contribution in [0.1, 0.15) is 21.7 Å². The molecule has 0 spiro atoms. The highest BCUT2D eigenvalue weighted by Gasteiger charge is 2.17. The molecule has 0 aliphatic rings. The maximum atomic E-state index is 12.2. The lowest BCUT2D eigenvalue weighted by molar-refractivity contribution is -0.116. The van der Waals surface area contributed by atoms with E-state index in [1.165, 1.54) is 37.7 Å². The summed E-state index contributed by atoms with van der Waals surface area (Å²) >= 11 is 7.33. The number of aromatic carboxylic acids is 1. The standard InChI is InChI=1S/C16H16ClNO5S/c1-22-13-6-9(16(20)21)5-12(15(13)23-2)18-14(19)4-3-11-7-10(17)8-24-11/h5-8H,3-4H2,1-2H3,(H,18,19)(H,20,21). The molecule has 24 heavy (non-hydrogen) atoms. The van der Waals surface area contributed by atoms with Crippen molar-refractivity contribution in [2.24, 2.45) is 0 Å². The topological polar surface area (TPSA) is 84.9 Å². The van der Waals surface area contributed by atoms with Crippen molar-refractivity contribution < 1.29 is 24.2 Å². The van der Waals surface area contributed by atoms with Crippen LogP contribution in [-0.4, -0.2) is 31.2 Å². The van der Waals surface area contributed by atoms with E-state index in [0.29, 0.717) is 11.4 Å². The summed E-state index contributed by atoms with van der Waals surface area (Å²) in [4.78, 5) is 24.4. The van der Waals surface area contributed by atoms with Crippen LogP contribution in [0.3, 0.4) is 0 Å². The van der Waals surface area contributed by atoms with Gasteiger partial charge >= 0.3 is 5.97 Å². The maximum absolute atomic E-state index is 12.2. The molecule has 128 valence electrons. The van der Waals surface area contributed by atoms with Gasteiger partial charge in [-0.15, -0.1) is 11.3 Å². The van der Waals surface area contributed by atoms with E-state index in [1.54, 1.807) is 5.38 Å². The number of amides is 1. The second kappa shape index (κ2) is 8.03. The lowest BCUT2D eigenvalue weighted by Crippen LogP contribution is -2.14. The van der Waals surface area contributed by atoms with Crippen molar-refractivity contribution in [1.82, 2.24) is 0 Å². The maximum Gasteiger partial charge on any atom is 0.335 e. The lowest BCUT2D eigenvalue weighted by atomic mass is 10.1. The summed E-state index contributed by atoms with van der Waals surface area (Å²) in [6.45, 7) is 0. The number of anilines is 1. The fourth-order valence-electron chi connectivity index (χ4n) is 2.12. The molecule has 1 heterocycles. The first-order chi connectivity index (χ1) is 11.4. The number of carbonyl (C=O) groups is 2. The van der Waals surface area contributed by atoms with Gasteiger partial charge in [-0.25, -0.2) is 4.79 Å². The second-order valence-corrected chi connectivity index (χ2v) is 6.28. The van der Waals surface area contributed by atoms with Gasteiger partial charge in [0.1, 0.15) is 0 Å². The molecule has 0 atom stereocenters. The minimum Gasteiger partial charge on any atom is -0.493 e. The van der Waals surface area contributed by atoms with Crippen molar-refractivity contribution in [2.75, 3.05) is 19.5 Å². The van der Waals surface area contributed by atoms with Gasteiger partial charge < -0.3 is 19.9 Å². The van der Waals surface area contributed by atoms with Crippen LogP contribution in [0.25, 0.3) is 0 Å². The van der Waals surface area contributed by atoms with E-state index in [4.69, 9.17) is 26.2 Å². The van der Waals surface area contributed by atoms with Gasteiger partial charge in [0.05, 0.1) is 30.5 Å². The van der Waals surface area contributed by atoms with Crippen LogP contribution in [0.15, 0.2) is 23.6 Å². The van der Waals surface area contributed by atoms with Crippen LogP contribution < -0.4 is 14.8 Å². The van der Waals surface area contributed by atoms with Gasteiger partial charge in [0.25, 0.3) is 0 Å². The SMILES string of the molecule is COc1cc(C(=O)O)cc(NC(=O)CCc2cc(Cl)cs2)c1OC. The zero-order valence-electron chi connectivity index (χ0n) is 13.1. The van der Waals surface area contributed by atoms with Gasteiger partial charge in [0.15, 0.2) is 11.5 Å². The molecule has 2 N–H and O–H groups in total. The Bertz CT molecular complexity index is 759. The minimum atomic E-state index is -1.13. The number of nitrogens with one attached hydrogen (secondary N) is 1.